The third-order valence-corrected chi connectivity index (χ3v) is 6.15. The Morgan fingerprint density at radius 1 is 1.33 bits per heavy atom. The van der Waals surface area contributed by atoms with Crippen molar-refractivity contribution in [1.82, 2.24) is 15.5 Å². The van der Waals surface area contributed by atoms with Crippen molar-refractivity contribution in [3.05, 3.63) is 0 Å². The number of likely N-dealkylation sites (N-methyl/N-ethyl adjacent to an activating group) is 1. The van der Waals surface area contributed by atoms with Gasteiger partial charge in [-0.2, -0.15) is 0 Å². The number of carbonyl (C=O) groups is 1. The third kappa shape index (κ3) is 5.93. The third-order valence-electron chi connectivity index (χ3n) is 6.15. The molecule has 1 aliphatic carbocycles. The van der Waals surface area contributed by atoms with E-state index in [-0.39, 0.29) is 47.9 Å². The Kier molecular flexibility index (Phi) is 10.3. The molecule has 2 aliphatic rings. The molecular weight excluding hydrogens is 459 g/mol. The van der Waals surface area contributed by atoms with Gasteiger partial charge in [0.2, 0.25) is 5.91 Å². The van der Waals surface area contributed by atoms with Crippen LogP contribution in [0.1, 0.15) is 39.5 Å². The smallest absolute Gasteiger partial charge is 0.243 e. The van der Waals surface area contributed by atoms with Gasteiger partial charge < -0.3 is 25.0 Å². The van der Waals surface area contributed by atoms with Crippen molar-refractivity contribution in [2.24, 2.45) is 16.3 Å². The fourth-order valence-corrected chi connectivity index (χ4v) is 4.07. The number of methoxy groups -OCH3 is 1. The second kappa shape index (κ2) is 11.4. The lowest BCUT2D eigenvalue weighted by Crippen LogP contribution is -2.65. The molecule has 1 amide bonds. The van der Waals surface area contributed by atoms with Crippen LogP contribution in [0.25, 0.3) is 0 Å². The van der Waals surface area contributed by atoms with E-state index in [1.807, 2.05) is 0 Å². The van der Waals surface area contributed by atoms with Crippen molar-refractivity contribution >= 4 is 35.8 Å². The lowest BCUT2D eigenvalue weighted by molar-refractivity contribution is -0.127. The minimum absolute atomic E-state index is 0. The normalized spacial score (nSPS) is 26.7. The van der Waals surface area contributed by atoms with Crippen LogP contribution in [0.5, 0.6) is 0 Å². The van der Waals surface area contributed by atoms with E-state index in [0.29, 0.717) is 12.0 Å². The molecule has 0 aromatic rings. The summed E-state index contributed by atoms with van der Waals surface area (Å²) in [6.07, 6.45) is 4.43. The van der Waals surface area contributed by atoms with Gasteiger partial charge in [-0.05, 0) is 25.7 Å². The summed E-state index contributed by atoms with van der Waals surface area (Å²) in [6, 6.07) is 0.308. The number of hydrogen-bond acceptors (Lipinski definition) is 4. The van der Waals surface area contributed by atoms with Gasteiger partial charge in [-0.25, -0.2) is 4.99 Å². The predicted molar refractivity (Wildman–Crippen MR) is 119 cm³/mol. The molecule has 7 nitrogen and oxygen atoms in total. The van der Waals surface area contributed by atoms with Crippen LogP contribution in [0, 0.1) is 11.3 Å². The van der Waals surface area contributed by atoms with Crippen LogP contribution >= 0.6 is 24.0 Å². The van der Waals surface area contributed by atoms with Crippen LogP contribution in [-0.4, -0.2) is 76.4 Å². The van der Waals surface area contributed by atoms with Gasteiger partial charge in [0.1, 0.15) is 6.54 Å². The molecule has 1 heterocycles. The molecule has 158 valence electrons. The van der Waals surface area contributed by atoms with Gasteiger partial charge >= 0.3 is 0 Å². The van der Waals surface area contributed by atoms with Crippen LogP contribution in [0.15, 0.2) is 4.99 Å². The summed E-state index contributed by atoms with van der Waals surface area (Å²) in [6.45, 7) is 7.03. The zero-order valence-corrected chi connectivity index (χ0v) is 19.7. The molecule has 0 bridgehead atoms. The maximum absolute atomic E-state index is 11.9. The summed E-state index contributed by atoms with van der Waals surface area (Å²) in [5.74, 6) is 1.22. The van der Waals surface area contributed by atoms with Gasteiger partial charge in [0.05, 0.1) is 12.7 Å². The van der Waals surface area contributed by atoms with Crippen molar-refractivity contribution in [3.63, 3.8) is 0 Å². The van der Waals surface area contributed by atoms with E-state index in [1.165, 1.54) is 0 Å². The van der Waals surface area contributed by atoms with Crippen LogP contribution in [0.4, 0.5) is 0 Å². The molecular formula is C19H37IN4O3. The van der Waals surface area contributed by atoms with E-state index < -0.39 is 0 Å². The zero-order valence-electron chi connectivity index (χ0n) is 17.4. The Balaban J connectivity index is 0.00000364. The van der Waals surface area contributed by atoms with Crippen LogP contribution in [0.3, 0.4) is 0 Å². The molecule has 0 aromatic carbocycles. The largest absolute Gasteiger partial charge is 0.381 e. The van der Waals surface area contributed by atoms with Crippen LogP contribution < -0.4 is 10.6 Å². The molecule has 1 saturated carbocycles. The van der Waals surface area contributed by atoms with E-state index in [0.717, 1.165) is 51.4 Å². The standard InChI is InChI=1S/C19H36N4O3.HI/c1-6-19(7-2)15(10-16(19)25-5)22-18(21-12-17(24)23(3)4)20-11-14-8-9-26-13-14;/h14-16H,6-13H2,1-5H3,(H2,20,21,22);1H. The predicted octanol–water partition coefficient (Wildman–Crippen LogP) is 1.86. The van der Waals surface area contributed by atoms with Gasteiger partial charge in [-0.1, -0.05) is 13.8 Å². The average Bonchev–Trinajstić information content (AvgIpc) is 3.14. The molecule has 2 fully saturated rings. The lowest BCUT2D eigenvalue weighted by atomic mass is 9.58. The number of nitrogens with zero attached hydrogens (tertiary/aromatic N) is 2. The van der Waals surface area contributed by atoms with Crippen LogP contribution in [-0.2, 0) is 14.3 Å². The number of nitrogens with one attached hydrogen (secondary N) is 2. The molecule has 1 aliphatic heterocycles. The summed E-state index contributed by atoms with van der Waals surface area (Å²) in [7, 11) is 5.30. The molecule has 8 heteroatoms. The Bertz CT molecular complexity index is 491. The number of amides is 1. The molecule has 0 aromatic heterocycles. The first-order valence-electron chi connectivity index (χ1n) is 9.82. The highest BCUT2D eigenvalue weighted by Gasteiger charge is 2.53. The fraction of sp³-hybridized carbons (Fsp3) is 0.895. The van der Waals surface area contributed by atoms with Crippen molar-refractivity contribution < 1.29 is 14.3 Å². The van der Waals surface area contributed by atoms with Crippen molar-refractivity contribution in [2.45, 2.75) is 51.7 Å². The highest BCUT2D eigenvalue weighted by molar-refractivity contribution is 14.0. The Morgan fingerprint density at radius 3 is 2.56 bits per heavy atom. The number of hydrogen-bond donors (Lipinski definition) is 2. The second-order valence-electron chi connectivity index (χ2n) is 7.66. The maximum Gasteiger partial charge on any atom is 0.243 e. The number of halogens is 1. The minimum Gasteiger partial charge on any atom is -0.381 e. The summed E-state index contributed by atoms with van der Waals surface area (Å²) in [4.78, 5) is 18.0. The lowest BCUT2D eigenvalue weighted by Gasteiger charge is -2.55. The van der Waals surface area contributed by atoms with Gasteiger partial charge in [-0.3, -0.25) is 4.79 Å². The number of guanidine groups is 1. The summed E-state index contributed by atoms with van der Waals surface area (Å²) in [5.41, 5.74) is 0.124. The molecule has 2 rings (SSSR count). The summed E-state index contributed by atoms with van der Waals surface area (Å²) in [5, 5.41) is 7.00. The first-order chi connectivity index (χ1) is 12.5. The molecule has 27 heavy (non-hydrogen) atoms. The quantitative estimate of drug-likeness (QED) is 0.305. The van der Waals surface area contributed by atoms with Gasteiger partial charge in [0.25, 0.3) is 0 Å². The first-order valence-corrected chi connectivity index (χ1v) is 9.82. The first kappa shape index (κ1) is 24.4. The molecule has 0 spiro atoms. The van der Waals surface area contributed by atoms with Crippen molar-refractivity contribution in [3.8, 4) is 0 Å². The monoisotopic (exact) mass is 496 g/mol. The Morgan fingerprint density at radius 2 is 2.04 bits per heavy atom. The second-order valence-corrected chi connectivity index (χ2v) is 7.66. The Hall–Kier alpha value is -0.610. The SMILES string of the molecule is CCC1(CC)C(NC(=NCC(=O)N(C)C)NCC2CCOC2)CC1OC.I. The fourth-order valence-electron chi connectivity index (χ4n) is 4.07. The minimum atomic E-state index is -0.00377. The molecule has 3 atom stereocenters. The maximum atomic E-state index is 11.9. The Labute approximate surface area is 181 Å². The van der Waals surface area contributed by atoms with E-state index in [1.54, 1.807) is 26.1 Å². The summed E-state index contributed by atoms with van der Waals surface area (Å²) < 4.78 is 11.1. The van der Waals surface area contributed by atoms with E-state index >= 15 is 0 Å². The van der Waals surface area contributed by atoms with Gasteiger partial charge in [0.15, 0.2) is 5.96 Å². The molecule has 0 radical (unpaired) electrons. The molecule has 1 saturated heterocycles. The topological polar surface area (TPSA) is 75.2 Å². The van der Waals surface area contributed by atoms with Crippen molar-refractivity contribution in [2.75, 3.05) is 47.5 Å². The number of aliphatic imine (C=N–C) groups is 1. The van der Waals surface area contributed by atoms with E-state index in [2.05, 4.69) is 29.5 Å². The van der Waals surface area contributed by atoms with Gasteiger partial charge in [-0.15, -0.1) is 24.0 Å². The zero-order chi connectivity index (χ0) is 19.2. The summed E-state index contributed by atoms with van der Waals surface area (Å²) >= 11 is 0. The molecule has 2 N–H and O–H groups in total. The highest BCUT2D eigenvalue weighted by Crippen LogP contribution is 2.48. The number of ether oxygens (including phenoxy) is 2. The van der Waals surface area contributed by atoms with Crippen LogP contribution in [0.2, 0.25) is 0 Å². The highest BCUT2D eigenvalue weighted by atomic mass is 127. The number of rotatable bonds is 8. The average molecular weight is 496 g/mol. The number of carbonyl (C=O) groups excluding carboxylic acids is 1. The van der Waals surface area contributed by atoms with E-state index in [9.17, 15) is 4.79 Å². The van der Waals surface area contributed by atoms with E-state index in [4.69, 9.17) is 9.47 Å². The van der Waals surface area contributed by atoms with Crippen molar-refractivity contribution in [1.29, 1.82) is 0 Å². The van der Waals surface area contributed by atoms with Gasteiger partial charge in [0, 0.05) is 51.7 Å². The molecule has 3 unspecified atom stereocenters.